The molecule has 1 saturated carbocycles. The molecule has 1 amide bonds. The lowest BCUT2D eigenvalue weighted by molar-refractivity contribution is -0.118. The summed E-state index contributed by atoms with van der Waals surface area (Å²) in [5.74, 6) is 1.89. The topological polar surface area (TPSA) is 92.7 Å². The van der Waals surface area contributed by atoms with Crippen LogP contribution in [0.2, 0.25) is 0 Å². The van der Waals surface area contributed by atoms with Crippen molar-refractivity contribution in [2.24, 2.45) is 0 Å². The highest BCUT2D eigenvalue weighted by Gasteiger charge is 2.51. The Morgan fingerprint density at radius 1 is 1.09 bits per heavy atom. The van der Waals surface area contributed by atoms with Crippen molar-refractivity contribution in [1.29, 1.82) is 0 Å². The standard InChI is InChI=1S/C25H25N3O4/c1-15-10-18(16-4-3-5-17(11-16)23(29)26-2)13-27-22(15)28-24(30)25(8-9-25)19-6-7-20-21(12-19)32-14-31-20/h3-7,10-13,23,26,29H,8-9,14H2,1-2H3,(H,27,28,30). The predicted molar refractivity (Wildman–Crippen MR) is 121 cm³/mol. The van der Waals surface area contributed by atoms with Gasteiger partial charge >= 0.3 is 0 Å². The van der Waals surface area contributed by atoms with Crippen LogP contribution < -0.4 is 20.1 Å². The molecule has 3 aromatic rings. The third-order valence-corrected chi connectivity index (χ3v) is 6.23. The summed E-state index contributed by atoms with van der Waals surface area (Å²) in [6.07, 6.45) is 2.59. The molecule has 2 aromatic carbocycles. The number of aliphatic hydroxyl groups excluding tert-OH is 1. The summed E-state index contributed by atoms with van der Waals surface area (Å²) in [6, 6.07) is 15.4. The van der Waals surface area contributed by atoms with Crippen LogP contribution in [0.25, 0.3) is 11.1 Å². The fourth-order valence-electron chi connectivity index (χ4n) is 4.11. The molecular weight excluding hydrogens is 406 g/mol. The van der Waals surface area contributed by atoms with Gasteiger partial charge in [0.15, 0.2) is 11.5 Å². The molecule has 1 atom stereocenters. The SMILES string of the molecule is CNC(O)c1cccc(-c2cnc(NC(=O)C3(c4ccc5c(c4)OCO5)CC3)c(C)c2)c1. The number of aryl methyl sites for hydroxylation is 1. The molecule has 5 rings (SSSR count). The minimum Gasteiger partial charge on any atom is -0.454 e. The van der Waals surface area contributed by atoms with Crippen LogP contribution in [-0.4, -0.2) is 29.8 Å². The van der Waals surface area contributed by atoms with Crippen molar-refractivity contribution in [3.8, 4) is 22.6 Å². The van der Waals surface area contributed by atoms with Gasteiger partial charge in [0, 0.05) is 11.8 Å². The number of hydrogen-bond donors (Lipinski definition) is 3. The third kappa shape index (κ3) is 3.59. The zero-order valence-electron chi connectivity index (χ0n) is 18.0. The number of fused-ring (bicyclic) bond motifs is 1. The maximum atomic E-state index is 13.2. The average molecular weight is 431 g/mol. The zero-order valence-corrected chi connectivity index (χ0v) is 18.0. The molecule has 0 bridgehead atoms. The Hall–Kier alpha value is -3.42. The van der Waals surface area contributed by atoms with Crippen LogP contribution in [0.5, 0.6) is 11.5 Å². The minimum absolute atomic E-state index is 0.0566. The van der Waals surface area contributed by atoms with E-state index in [2.05, 4.69) is 15.6 Å². The molecular formula is C25H25N3O4. The van der Waals surface area contributed by atoms with E-state index in [1.165, 1.54) is 0 Å². The summed E-state index contributed by atoms with van der Waals surface area (Å²) in [7, 11) is 1.71. The number of anilines is 1. The van der Waals surface area contributed by atoms with Gasteiger partial charge in [0.25, 0.3) is 0 Å². The lowest BCUT2D eigenvalue weighted by atomic mass is 9.94. The molecule has 2 heterocycles. The first-order chi connectivity index (χ1) is 15.5. The van der Waals surface area contributed by atoms with Crippen molar-refractivity contribution in [2.45, 2.75) is 31.4 Å². The first-order valence-electron chi connectivity index (χ1n) is 10.6. The first-order valence-corrected chi connectivity index (χ1v) is 10.6. The highest BCUT2D eigenvalue weighted by atomic mass is 16.7. The van der Waals surface area contributed by atoms with E-state index in [4.69, 9.17) is 9.47 Å². The molecule has 7 heteroatoms. The largest absolute Gasteiger partial charge is 0.454 e. The van der Waals surface area contributed by atoms with Crippen molar-refractivity contribution < 1.29 is 19.4 Å². The van der Waals surface area contributed by atoms with E-state index >= 15 is 0 Å². The molecule has 1 unspecified atom stereocenters. The van der Waals surface area contributed by atoms with E-state index in [0.717, 1.165) is 40.7 Å². The number of benzene rings is 2. The highest BCUT2D eigenvalue weighted by Crippen LogP contribution is 2.51. The molecule has 2 aliphatic rings. The van der Waals surface area contributed by atoms with Crippen molar-refractivity contribution in [1.82, 2.24) is 10.3 Å². The van der Waals surface area contributed by atoms with E-state index in [1.54, 1.807) is 13.2 Å². The van der Waals surface area contributed by atoms with Gasteiger partial charge in [-0.05, 0) is 73.3 Å². The van der Waals surface area contributed by atoms with Gasteiger partial charge in [-0.3, -0.25) is 10.1 Å². The number of carbonyl (C=O) groups is 1. The Labute approximate surface area is 186 Å². The number of hydrogen-bond acceptors (Lipinski definition) is 6. The van der Waals surface area contributed by atoms with Gasteiger partial charge in [0.2, 0.25) is 12.7 Å². The smallest absolute Gasteiger partial charge is 0.236 e. The first kappa shape index (κ1) is 20.5. The summed E-state index contributed by atoms with van der Waals surface area (Å²) in [4.78, 5) is 17.7. The lowest BCUT2D eigenvalue weighted by Gasteiger charge is -2.17. The Kier molecular flexibility index (Phi) is 5.07. The Balaban J connectivity index is 1.36. The van der Waals surface area contributed by atoms with Crippen molar-refractivity contribution >= 4 is 11.7 Å². The molecule has 0 saturated heterocycles. The average Bonchev–Trinajstić information content (AvgIpc) is 3.50. The van der Waals surface area contributed by atoms with E-state index in [0.29, 0.717) is 17.3 Å². The third-order valence-electron chi connectivity index (χ3n) is 6.23. The molecule has 1 aliphatic heterocycles. The summed E-state index contributed by atoms with van der Waals surface area (Å²) in [5.41, 5.74) is 3.91. The molecule has 32 heavy (non-hydrogen) atoms. The summed E-state index contributed by atoms with van der Waals surface area (Å²) < 4.78 is 10.9. The number of amides is 1. The number of aromatic nitrogens is 1. The molecule has 0 spiro atoms. The fourth-order valence-corrected chi connectivity index (χ4v) is 4.11. The zero-order chi connectivity index (χ0) is 22.3. The number of carbonyl (C=O) groups excluding carboxylic acids is 1. The Morgan fingerprint density at radius 2 is 1.91 bits per heavy atom. The normalized spacial score (nSPS) is 16.5. The van der Waals surface area contributed by atoms with Gasteiger partial charge < -0.3 is 19.9 Å². The second-order valence-electron chi connectivity index (χ2n) is 8.31. The van der Waals surface area contributed by atoms with Gasteiger partial charge in [-0.1, -0.05) is 24.3 Å². The van der Waals surface area contributed by atoms with Crippen LogP contribution in [0.1, 0.15) is 35.8 Å². The molecule has 164 valence electrons. The van der Waals surface area contributed by atoms with Crippen LogP contribution in [-0.2, 0) is 10.2 Å². The van der Waals surface area contributed by atoms with Crippen molar-refractivity contribution in [2.75, 3.05) is 19.2 Å². The molecule has 1 aromatic heterocycles. The molecule has 3 N–H and O–H groups in total. The summed E-state index contributed by atoms with van der Waals surface area (Å²) in [5, 5.41) is 15.9. The van der Waals surface area contributed by atoms with E-state index < -0.39 is 11.6 Å². The predicted octanol–water partition coefficient (Wildman–Crippen LogP) is 3.67. The van der Waals surface area contributed by atoms with E-state index in [-0.39, 0.29) is 12.7 Å². The molecule has 1 aliphatic carbocycles. The maximum Gasteiger partial charge on any atom is 0.236 e. The summed E-state index contributed by atoms with van der Waals surface area (Å²) >= 11 is 0. The lowest BCUT2D eigenvalue weighted by Crippen LogP contribution is -2.28. The molecule has 1 fully saturated rings. The minimum atomic E-state index is -0.728. The van der Waals surface area contributed by atoms with Gasteiger partial charge in [-0.25, -0.2) is 4.98 Å². The van der Waals surface area contributed by atoms with Gasteiger partial charge in [0.05, 0.1) is 5.41 Å². The van der Waals surface area contributed by atoms with Gasteiger partial charge in [0.1, 0.15) is 12.0 Å². The van der Waals surface area contributed by atoms with Crippen LogP contribution in [0.3, 0.4) is 0 Å². The molecule has 0 radical (unpaired) electrons. The van der Waals surface area contributed by atoms with E-state index in [9.17, 15) is 9.90 Å². The van der Waals surface area contributed by atoms with E-state index in [1.807, 2.05) is 55.5 Å². The second-order valence-corrected chi connectivity index (χ2v) is 8.31. The number of nitrogens with one attached hydrogen (secondary N) is 2. The maximum absolute atomic E-state index is 13.2. The Bertz CT molecular complexity index is 1190. The number of rotatable bonds is 6. The van der Waals surface area contributed by atoms with Gasteiger partial charge in [-0.2, -0.15) is 0 Å². The van der Waals surface area contributed by atoms with Crippen LogP contribution in [0, 0.1) is 6.92 Å². The van der Waals surface area contributed by atoms with Crippen LogP contribution in [0.4, 0.5) is 5.82 Å². The monoisotopic (exact) mass is 431 g/mol. The fraction of sp³-hybridized carbons (Fsp3) is 0.280. The highest BCUT2D eigenvalue weighted by molar-refractivity contribution is 6.01. The van der Waals surface area contributed by atoms with Gasteiger partial charge in [-0.15, -0.1) is 0 Å². The second kappa shape index (κ2) is 7.93. The van der Waals surface area contributed by atoms with Crippen LogP contribution in [0.15, 0.2) is 54.7 Å². The van der Waals surface area contributed by atoms with Crippen LogP contribution >= 0.6 is 0 Å². The summed E-state index contributed by atoms with van der Waals surface area (Å²) in [6.45, 7) is 2.14. The Morgan fingerprint density at radius 3 is 2.66 bits per heavy atom. The van der Waals surface area contributed by atoms with Crippen molar-refractivity contribution in [3.05, 3.63) is 71.4 Å². The van der Waals surface area contributed by atoms with Crippen molar-refractivity contribution in [3.63, 3.8) is 0 Å². The molecule has 7 nitrogen and oxygen atoms in total. The number of nitrogens with zero attached hydrogens (tertiary/aromatic N) is 1. The number of aliphatic hydroxyl groups is 1. The quantitative estimate of drug-likeness (QED) is 0.516. The number of ether oxygens (including phenoxy) is 2. The number of pyridine rings is 1.